The number of nitrogens with zero attached hydrogens (tertiary/aromatic N) is 3. The SMILES string of the molecule is O=C(Nc1cccc(Nc2ncc(Br)c(NCCc3c[nH]c4ccc(O)cc34)n2)c1)N1CCCC1. The molecule has 9 nitrogen and oxygen atoms in total. The lowest BCUT2D eigenvalue weighted by molar-refractivity contribution is 0.222. The summed E-state index contributed by atoms with van der Waals surface area (Å²) < 4.78 is 0.756. The average molecular weight is 536 g/mol. The predicted octanol–water partition coefficient (Wildman–Crippen LogP) is 5.45. The second-order valence-corrected chi connectivity index (χ2v) is 9.30. The van der Waals surface area contributed by atoms with Gasteiger partial charge in [0.25, 0.3) is 0 Å². The van der Waals surface area contributed by atoms with E-state index in [1.807, 2.05) is 41.4 Å². The largest absolute Gasteiger partial charge is 0.508 e. The zero-order valence-electron chi connectivity index (χ0n) is 19.0. The highest BCUT2D eigenvalue weighted by atomic mass is 79.9. The lowest BCUT2D eigenvalue weighted by atomic mass is 10.1. The number of H-pyrrole nitrogens is 1. The zero-order valence-corrected chi connectivity index (χ0v) is 20.6. The van der Waals surface area contributed by atoms with Crippen LogP contribution in [0, 0.1) is 0 Å². The highest BCUT2D eigenvalue weighted by Crippen LogP contribution is 2.25. The van der Waals surface area contributed by atoms with E-state index in [2.05, 4.69) is 46.8 Å². The number of carbonyl (C=O) groups is 1. The highest BCUT2D eigenvalue weighted by Gasteiger charge is 2.17. The van der Waals surface area contributed by atoms with Gasteiger partial charge in [-0.05, 0) is 77.2 Å². The molecule has 2 aromatic heterocycles. The molecule has 1 saturated heterocycles. The third kappa shape index (κ3) is 5.48. The number of likely N-dealkylation sites (tertiary alicyclic amines) is 1. The van der Waals surface area contributed by atoms with Crippen molar-refractivity contribution in [2.45, 2.75) is 19.3 Å². The molecule has 4 aromatic rings. The summed E-state index contributed by atoms with van der Waals surface area (Å²) in [6.07, 6.45) is 6.51. The highest BCUT2D eigenvalue weighted by molar-refractivity contribution is 9.10. The third-order valence-corrected chi connectivity index (χ3v) is 6.53. The molecule has 0 unspecified atom stereocenters. The van der Waals surface area contributed by atoms with Crippen LogP contribution in [0.4, 0.5) is 27.9 Å². The van der Waals surface area contributed by atoms with Crippen LogP contribution in [-0.2, 0) is 6.42 Å². The number of aromatic nitrogens is 3. The van der Waals surface area contributed by atoms with Gasteiger partial charge in [-0.1, -0.05) is 6.07 Å². The molecule has 0 saturated carbocycles. The number of fused-ring (bicyclic) bond motifs is 1. The number of aromatic hydroxyl groups is 1. The van der Waals surface area contributed by atoms with Gasteiger partial charge in [-0.3, -0.25) is 0 Å². The molecule has 10 heteroatoms. The molecule has 180 valence electrons. The third-order valence-electron chi connectivity index (χ3n) is 5.95. The summed E-state index contributed by atoms with van der Waals surface area (Å²) in [7, 11) is 0. The first-order chi connectivity index (χ1) is 17.0. The van der Waals surface area contributed by atoms with E-state index in [-0.39, 0.29) is 11.8 Å². The maximum Gasteiger partial charge on any atom is 0.321 e. The zero-order chi connectivity index (χ0) is 24.2. The Kier molecular flexibility index (Phi) is 6.71. The normalized spacial score (nSPS) is 13.2. The molecule has 0 aliphatic carbocycles. The topological polar surface area (TPSA) is 118 Å². The predicted molar refractivity (Wildman–Crippen MR) is 141 cm³/mol. The summed E-state index contributed by atoms with van der Waals surface area (Å²) in [5.41, 5.74) is 3.59. The fraction of sp³-hybridized carbons (Fsp3) is 0.240. The van der Waals surface area contributed by atoms with Crippen LogP contribution >= 0.6 is 15.9 Å². The summed E-state index contributed by atoms with van der Waals surface area (Å²) in [5.74, 6) is 1.36. The van der Waals surface area contributed by atoms with Gasteiger partial charge in [0, 0.05) is 54.3 Å². The van der Waals surface area contributed by atoms with Crippen molar-refractivity contribution in [2.24, 2.45) is 0 Å². The van der Waals surface area contributed by atoms with Crippen LogP contribution in [0.3, 0.4) is 0 Å². The lowest BCUT2D eigenvalue weighted by Crippen LogP contribution is -2.32. The standard InChI is InChI=1S/C25H26BrN7O2/c26-21-15-29-24(30-17-4-3-5-18(12-17)31-25(35)33-10-1-2-11-33)32-23(21)27-9-8-16-14-28-22-7-6-19(34)13-20(16)22/h3-7,12-15,28,34H,1-2,8-11H2,(H,31,35)(H2,27,29,30,32). The van der Waals surface area contributed by atoms with E-state index in [1.165, 1.54) is 0 Å². The van der Waals surface area contributed by atoms with E-state index in [1.54, 1.807) is 18.3 Å². The first kappa shape index (κ1) is 23.0. The minimum Gasteiger partial charge on any atom is -0.508 e. The summed E-state index contributed by atoms with van der Waals surface area (Å²) >= 11 is 3.51. The second kappa shape index (κ2) is 10.2. The van der Waals surface area contributed by atoms with E-state index in [9.17, 15) is 9.90 Å². The summed E-state index contributed by atoms with van der Waals surface area (Å²) in [5, 5.41) is 20.3. The summed E-state index contributed by atoms with van der Waals surface area (Å²) in [6, 6.07) is 12.7. The lowest BCUT2D eigenvalue weighted by Gasteiger charge is -2.16. The number of aromatic amines is 1. The Balaban J connectivity index is 1.22. The van der Waals surface area contributed by atoms with Gasteiger partial charge in [-0.2, -0.15) is 4.98 Å². The number of hydrogen-bond donors (Lipinski definition) is 5. The van der Waals surface area contributed by atoms with Gasteiger partial charge in [0.05, 0.1) is 4.47 Å². The van der Waals surface area contributed by atoms with Gasteiger partial charge in [0.1, 0.15) is 11.6 Å². The van der Waals surface area contributed by atoms with Crippen LogP contribution in [-0.4, -0.2) is 50.6 Å². The van der Waals surface area contributed by atoms with Gasteiger partial charge >= 0.3 is 6.03 Å². The number of carbonyl (C=O) groups excluding carboxylic acids is 1. The molecule has 0 atom stereocenters. The monoisotopic (exact) mass is 535 g/mol. The average Bonchev–Trinajstić information content (AvgIpc) is 3.52. The van der Waals surface area contributed by atoms with Crippen LogP contribution in [0.25, 0.3) is 10.9 Å². The fourth-order valence-electron chi connectivity index (χ4n) is 4.17. The number of benzene rings is 2. The van der Waals surface area contributed by atoms with Crippen LogP contribution in [0.1, 0.15) is 18.4 Å². The number of urea groups is 1. The van der Waals surface area contributed by atoms with Crippen molar-refractivity contribution >= 4 is 56.0 Å². The Bertz CT molecular complexity index is 1350. The molecule has 1 aliphatic heterocycles. The van der Waals surface area contributed by atoms with Crippen molar-refractivity contribution in [1.82, 2.24) is 19.9 Å². The van der Waals surface area contributed by atoms with E-state index in [0.29, 0.717) is 24.0 Å². The van der Waals surface area contributed by atoms with E-state index in [0.717, 1.165) is 59.0 Å². The number of phenolic OH excluding ortho intramolecular Hbond substituents is 1. The van der Waals surface area contributed by atoms with Crippen LogP contribution < -0.4 is 16.0 Å². The van der Waals surface area contributed by atoms with E-state index < -0.39 is 0 Å². The van der Waals surface area contributed by atoms with Gasteiger partial charge in [0.2, 0.25) is 5.95 Å². The van der Waals surface area contributed by atoms with Gasteiger partial charge in [-0.15, -0.1) is 0 Å². The first-order valence-corrected chi connectivity index (χ1v) is 12.3. The maximum absolute atomic E-state index is 12.4. The number of nitrogens with one attached hydrogen (secondary N) is 4. The van der Waals surface area contributed by atoms with Gasteiger partial charge in [-0.25, -0.2) is 9.78 Å². The molecular formula is C25H26BrN7O2. The molecule has 2 aromatic carbocycles. The summed E-state index contributed by atoms with van der Waals surface area (Å²) in [4.78, 5) is 26.4. The molecule has 5 N–H and O–H groups in total. The Morgan fingerprint density at radius 2 is 1.97 bits per heavy atom. The molecular weight excluding hydrogens is 510 g/mol. The second-order valence-electron chi connectivity index (χ2n) is 8.44. The van der Waals surface area contributed by atoms with Crippen molar-refractivity contribution in [3.05, 3.63) is 64.9 Å². The number of rotatable bonds is 7. The quantitative estimate of drug-likeness (QED) is 0.214. The molecule has 0 radical (unpaired) electrons. The molecule has 5 rings (SSSR count). The van der Waals surface area contributed by atoms with Crippen molar-refractivity contribution < 1.29 is 9.90 Å². The van der Waals surface area contributed by atoms with Crippen molar-refractivity contribution in [3.8, 4) is 5.75 Å². The van der Waals surface area contributed by atoms with Crippen LogP contribution in [0.15, 0.2) is 59.3 Å². The molecule has 0 bridgehead atoms. The van der Waals surface area contributed by atoms with Crippen molar-refractivity contribution in [1.29, 1.82) is 0 Å². The number of amides is 2. The number of phenols is 1. The van der Waals surface area contributed by atoms with E-state index >= 15 is 0 Å². The number of anilines is 4. The van der Waals surface area contributed by atoms with Crippen molar-refractivity contribution in [3.63, 3.8) is 0 Å². The molecule has 2 amide bonds. The molecule has 1 fully saturated rings. The molecule has 3 heterocycles. The Hall–Kier alpha value is -3.79. The Labute approximate surface area is 211 Å². The maximum atomic E-state index is 12.4. The number of hydrogen-bond acceptors (Lipinski definition) is 6. The van der Waals surface area contributed by atoms with Crippen LogP contribution in [0.5, 0.6) is 5.75 Å². The smallest absolute Gasteiger partial charge is 0.321 e. The van der Waals surface area contributed by atoms with Crippen molar-refractivity contribution in [2.75, 3.05) is 35.6 Å². The van der Waals surface area contributed by atoms with Gasteiger partial charge < -0.3 is 30.9 Å². The van der Waals surface area contributed by atoms with Crippen LogP contribution in [0.2, 0.25) is 0 Å². The molecule has 0 spiro atoms. The molecule has 1 aliphatic rings. The Morgan fingerprint density at radius 3 is 2.83 bits per heavy atom. The molecule has 35 heavy (non-hydrogen) atoms. The minimum atomic E-state index is -0.0727. The minimum absolute atomic E-state index is 0.0727. The first-order valence-electron chi connectivity index (χ1n) is 11.5. The Morgan fingerprint density at radius 1 is 1.14 bits per heavy atom. The number of halogens is 1. The fourth-order valence-corrected chi connectivity index (χ4v) is 4.50. The summed E-state index contributed by atoms with van der Waals surface area (Å²) in [6.45, 7) is 2.25. The van der Waals surface area contributed by atoms with Gasteiger partial charge in [0.15, 0.2) is 0 Å². The van der Waals surface area contributed by atoms with E-state index in [4.69, 9.17) is 0 Å².